The second-order valence-corrected chi connectivity index (χ2v) is 9.30. The van der Waals surface area contributed by atoms with Crippen molar-refractivity contribution in [2.75, 3.05) is 25.6 Å². The van der Waals surface area contributed by atoms with Crippen molar-refractivity contribution in [3.8, 4) is 17.3 Å². The molecule has 5 rings (SSSR count). The minimum atomic E-state index is -0.705. The first-order chi connectivity index (χ1) is 17.8. The number of carbonyl (C=O) groups excluding carboxylic acids is 1. The molecule has 7 nitrogen and oxygen atoms in total. The summed E-state index contributed by atoms with van der Waals surface area (Å²) >= 11 is 6.29. The van der Waals surface area contributed by atoms with E-state index in [0.717, 1.165) is 0 Å². The van der Waals surface area contributed by atoms with Crippen LogP contribution in [0.25, 0.3) is 32.9 Å². The predicted octanol–water partition coefficient (Wildman–Crippen LogP) is 5.40. The Morgan fingerprint density at radius 2 is 2.05 bits per heavy atom. The largest absolute Gasteiger partial charge is 0.467 e. The molecule has 1 aliphatic rings. The van der Waals surface area contributed by atoms with Crippen LogP contribution in [0.5, 0.6) is 6.01 Å². The number of ether oxygens (including phenoxy) is 1. The van der Waals surface area contributed by atoms with Crippen molar-refractivity contribution in [3.63, 3.8) is 0 Å². The lowest BCUT2D eigenvalue weighted by Crippen LogP contribution is -2.43. The molecule has 1 aliphatic heterocycles. The van der Waals surface area contributed by atoms with Gasteiger partial charge in [0.1, 0.15) is 22.8 Å². The monoisotopic (exact) mass is 523 g/mol. The molecule has 190 valence electrons. The molecule has 10 heteroatoms. The summed E-state index contributed by atoms with van der Waals surface area (Å²) < 4.78 is 35.7. The summed E-state index contributed by atoms with van der Waals surface area (Å²) in [5, 5.41) is 1.28. The van der Waals surface area contributed by atoms with E-state index in [1.165, 1.54) is 25.4 Å². The lowest BCUT2D eigenvalue weighted by Gasteiger charge is -2.31. The van der Waals surface area contributed by atoms with E-state index in [9.17, 15) is 9.18 Å². The molecule has 0 spiro atoms. The van der Waals surface area contributed by atoms with Crippen molar-refractivity contribution in [3.05, 3.63) is 65.8 Å². The number of fused-ring (bicyclic) bond motifs is 2. The fraction of sp³-hybridized carbons (Fsp3) is 0.259. The van der Waals surface area contributed by atoms with Gasteiger partial charge >= 0.3 is 6.01 Å². The third kappa shape index (κ3) is 4.03. The number of likely N-dealkylation sites (tertiary alicyclic amines) is 1. The molecule has 0 aliphatic carbocycles. The average molecular weight is 524 g/mol. The van der Waals surface area contributed by atoms with Crippen molar-refractivity contribution in [1.82, 2.24) is 19.9 Å². The zero-order valence-electron chi connectivity index (χ0n) is 20.5. The first-order valence-electron chi connectivity index (χ1n) is 11.7. The first-order valence-corrected chi connectivity index (χ1v) is 12.1. The lowest BCUT2D eigenvalue weighted by molar-refractivity contribution is -0.126. The summed E-state index contributed by atoms with van der Waals surface area (Å²) in [4.78, 5) is 29.1. The molecule has 1 fully saturated rings. The molecule has 3 heterocycles. The number of amides is 1. The van der Waals surface area contributed by atoms with E-state index in [-0.39, 0.29) is 40.2 Å². The second kappa shape index (κ2) is 9.55. The van der Waals surface area contributed by atoms with Gasteiger partial charge in [0.25, 0.3) is 0 Å². The zero-order valence-corrected chi connectivity index (χ0v) is 21.3. The number of nitrogens with zero attached hydrogens (tertiary/aromatic N) is 5. The Morgan fingerprint density at radius 3 is 2.78 bits per heavy atom. The van der Waals surface area contributed by atoms with Crippen LogP contribution >= 0.6 is 11.6 Å². The molecule has 0 radical (unpaired) electrons. The summed E-state index contributed by atoms with van der Waals surface area (Å²) in [6, 6.07) is 7.76. The van der Waals surface area contributed by atoms with Crippen LogP contribution in [0, 0.1) is 11.6 Å². The van der Waals surface area contributed by atoms with Gasteiger partial charge in [-0.25, -0.2) is 8.78 Å². The third-order valence-corrected chi connectivity index (χ3v) is 7.39. The predicted molar refractivity (Wildman–Crippen MR) is 140 cm³/mol. The van der Waals surface area contributed by atoms with Gasteiger partial charge in [0.05, 0.1) is 23.6 Å². The minimum Gasteiger partial charge on any atom is -0.467 e. The molecule has 0 unspecified atom stereocenters. The summed E-state index contributed by atoms with van der Waals surface area (Å²) in [5.74, 6) is -1.03. The van der Waals surface area contributed by atoms with Crippen LogP contribution in [-0.4, -0.2) is 58.5 Å². The van der Waals surface area contributed by atoms with E-state index in [0.29, 0.717) is 40.5 Å². The molecular weight excluding hydrogens is 500 g/mol. The van der Waals surface area contributed by atoms with E-state index in [1.54, 1.807) is 29.2 Å². The summed E-state index contributed by atoms with van der Waals surface area (Å²) in [6.07, 6.45) is 3.49. The molecule has 4 aromatic rings. The van der Waals surface area contributed by atoms with Crippen LogP contribution in [0.3, 0.4) is 0 Å². The van der Waals surface area contributed by atoms with Gasteiger partial charge in [-0.2, -0.15) is 9.97 Å². The second-order valence-electron chi connectivity index (χ2n) is 8.93. The van der Waals surface area contributed by atoms with Crippen LogP contribution < -0.4 is 9.64 Å². The molecular formula is C27H24ClF2N5O2. The highest BCUT2D eigenvalue weighted by molar-refractivity contribution is 6.36. The number of hydrogen-bond acceptors (Lipinski definition) is 6. The van der Waals surface area contributed by atoms with E-state index in [4.69, 9.17) is 16.3 Å². The van der Waals surface area contributed by atoms with Crippen molar-refractivity contribution in [1.29, 1.82) is 0 Å². The number of methoxy groups -OCH3 is 1. The Labute approximate surface area is 217 Å². The van der Waals surface area contributed by atoms with Crippen molar-refractivity contribution < 1.29 is 18.3 Å². The maximum absolute atomic E-state index is 16.1. The molecule has 0 saturated carbocycles. The van der Waals surface area contributed by atoms with Crippen LogP contribution in [0.4, 0.5) is 14.6 Å². The number of hydrogen-bond donors (Lipinski definition) is 0. The lowest BCUT2D eigenvalue weighted by atomic mass is 10.0. The van der Waals surface area contributed by atoms with Crippen LogP contribution in [0.15, 0.2) is 49.2 Å². The standard InChI is InChI=1S/C27H24ClF2N5O2/c1-5-20(36)35-12-11-19(14(35)2)34(3)26-17-13-31-24(23(30)25(17)32-27(33-26)37-4)16-8-6-7-15-9-10-18(29)22(28)21(15)16/h5-10,13-14,19H,1,11-12H2,2-4H3/t14-,19-/m1/s1. The van der Waals surface area contributed by atoms with Gasteiger partial charge in [0.2, 0.25) is 5.91 Å². The summed E-state index contributed by atoms with van der Waals surface area (Å²) in [5.41, 5.74) is 0.335. The van der Waals surface area contributed by atoms with Crippen LogP contribution in [0.2, 0.25) is 5.02 Å². The molecule has 1 saturated heterocycles. The molecule has 2 aromatic heterocycles. The highest BCUT2D eigenvalue weighted by Gasteiger charge is 2.36. The molecule has 0 bridgehead atoms. The van der Waals surface area contributed by atoms with Gasteiger partial charge in [-0.05, 0) is 30.9 Å². The highest BCUT2D eigenvalue weighted by atomic mass is 35.5. The maximum atomic E-state index is 16.1. The Balaban J connectivity index is 1.66. The van der Waals surface area contributed by atoms with Gasteiger partial charge in [-0.3, -0.25) is 9.78 Å². The summed E-state index contributed by atoms with van der Waals surface area (Å²) in [7, 11) is 3.24. The first kappa shape index (κ1) is 24.8. The number of likely N-dealkylation sites (N-methyl/N-ethyl adjacent to an activating group) is 1. The Kier molecular flexibility index (Phi) is 6.41. The number of halogens is 3. The van der Waals surface area contributed by atoms with E-state index in [1.807, 2.05) is 18.9 Å². The fourth-order valence-corrected chi connectivity index (χ4v) is 5.38. The minimum absolute atomic E-state index is 0.00732. The number of pyridine rings is 1. The zero-order chi connectivity index (χ0) is 26.4. The van der Waals surface area contributed by atoms with E-state index < -0.39 is 11.6 Å². The number of anilines is 1. The van der Waals surface area contributed by atoms with Crippen molar-refractivity contribution >= 4 is 45.0 Å². The number of rotatable bonds is 5. The topological polar surface area (TPSA) is 71.5 Å². The van der Waals surface area contributed by atoms with Gasteiger partial charge in [0.15, 0.2) is 5.82 Å². The Hall–Kier alpha value is -3.85. The van der Waals surface area contributed by atoms with Crippen molar-refractivity contribution in [2.45, 2.75) is 25.4 Å². The molecule has 37 heavy (non-hydrogen) atoms. The van der Waals surface area contributed by atoms with Crippen molar-refractivity contribution in [2.24, 2.45) is 0 Å². The molecule has 2 atom stereocenters. The van der Waals surface area contributed by atoms with E-state index >= 15 is 4.39 Å². The summed E-state index contributed by atoms with van der Waals surface area (Å²) in [6.45, 7) is 6.10. The van der Waals surface area contributed by atoms with Crippen LogP contribution in [0.1, 0.15) is 13.3 Å². The quantitative estimate of drug-likeness (QED) is 0.326. The Morgan fingerprint density at radius 1 is 1.27 bits per heavy atom. The fourth-order valence-electron chi connectivity index (χ4n) is 5.10. The van der Waals surface area contributed by atoms with Gasteiger partial charge in [-0.15, -0.1) is 0 Å². The van der Waals surface area contributed by atoms with E-state index in [2.05, 4.69) is 21.5 Å². The third-order valence-electron chi connectivity index (χ3n) is 7.02. The highest BCUT2D eigenvalue weighted by Crippen LogP contribution is 2.38. The van der Waals surface area contributed by atoms with Gasteiger partial charge in [0, 0.05) is 36.8 Å². The SMILES string of the molecule is C=CC(=O)N1CC[C@@H](N(C)c2nc(OC)nc3c(F)c(-c4cccc5ccc(F)c(Cl)c45)ncc23)[C@H]1C. The normalized spacial score (nSPS) is 17.4. The molecule has 0 N–H and O–H groups in total. The average Bonchev–Trinajstić information content (AvgIpc) is 3.30. The van der Waals surface area contributed by atoms with Crippen LogP contribution in [-0.2, 0) is 4.79 Å². The van der Waals surface area contributed by atoms with Gasteiger partial charge < -0.3 is 14.5 Å². The number of aromatic nitrogens is 3. The number of carbonyl (C=O) groups is 1. The Bertz CT molecular complexity index is 1560. The molecule has 1 amide bonds. The molecule has 2 aromatic carbocycles. The maximum Gasteiger partial charge on any atom is 0.318 e. The van der Waals surface area contributed by atoms with Gasteiger partial charge in [-0.1, -0.05) is 42.4 Å². The smallest absolute Gasteiger partial charge is 0.318 e. The number of benzene rings is 2.